The lowest BCUT2D eigenvalue weighted by atomic mass is 9.98. The lowest BCUT2D eigenvalue weighted by molar-refractivity contribution is 0.0697. The average molecular weight is 243 g/mol. The molecule has 2 aromatic rings. The number of hydrogen-bond acceptors (Lipinski definition) is 3. The number of nitrogens with zero attached hydrogens (tertiary/aromatic N) is 1. The molecule has 1 aromatic carbocycles. The van der Waals surface area contributed by atoms with Gasteiger partial charge in [-0.2, -0.15) is 0 Å². The van der Waals surface area contributed by atoms with Crippen molar-refractivity contribution in [2.24, 2.45) is 0 Å². The Hall–Kier alpha value is -2.36. The van der Waals surface area contributed by atoms with Crippen molar-refractivity contribution >= 4 is 5.97 Å². The summed E-state index contributed by atoms with van der Waals surface area (Å²) in [6, 6.07) is 8.82. The summed E-state index contributed by atoms with van der Waals surface area (Å²) in [5.41, 5.74) is 2.63. The summed E-state index contributed by atoms with van der Waals surface area (Å²) in [4.78, 5) is 15.3. The summed E-state index contributed by atoms with van der Waals surface area (Å²) in [5, 5.41) is 9.23. The first-order valence-corrected chi connectivity index (χ1v) is 5.46. The molecule has 2 rings (SSSR count). The zero-order chi connectivity index (χ0) is 13.1. The Balaban J connectivity index is 2.59. The lowest BCUT2D eigenvalue weighted by Crippen LogP contribution is -2.00. The number of methoxy groups -OCH3 is 1. The number of ether oxygens (including phenoxy) is 1. The predicted octanol–water partition coefficient (Wildman–Crippen LogP) is 2.76. The lowest BCUT2D eigenvalue weighted by Gasteiger charge is -2.08. The second-order valence-electron chi connectivity index (χ2n) is 3.94. The number of aromatic nitrogens is 1. The zero-order valence-corrected chi connectivity index (χ0v) is 10.2. The molecule has 92 valence electrons. The number of pyridine rings is 1. The molecule has 0 saturated carbocycles. The third-order valence-corrected chi connectivity index (χ3v) is 2.66. The molecular formula is C14H13NO3. The number of hydrogen-bond donors (Lipinski definition) is 1. The smallest absolute Gasteiger partial charge is 0.336 e. The van der Waals surface area contributed by atoms with Crippen molar-refractivity contribution in [1.29, 1.82) is 0 Å². The van der Waals surface area contributed by atoms with Gasteiger partial charge in [0.1, 0.15) is 0 Å². The van der Waals surface area contributed by atoms with Gasteiger partial charge >= 0.3 is 5.97 Å². The van der Waals surface area contributed by atoms with Crippen LogP contribution in [0.2, 0.25) is 0 Å². The van der Waals surface area contributed by atoms with Gasteiger partial charge in [-0.1, -0.05) is 17.7 Å². The number of benzene rings is 1. The Labute approximate surface area is 105 Å². The van der Waals surface area contributed by atoms with Crippen LogP contribution in [0.15, 0.2) is 36.5 Å². The van der Waals surface area contributed by atoms with Crippen molar-refractivity contribution in [2.75, 3.05) is 7.11 Å². The molecule has 4 heteroatoms. The highest BCUT2D eigenvalue weighted by Gasteiger charge is 2.12. The van der Waals surface area contributed by atoms with E-state index in [-0.39, 0.29) is 5.56 Å². The zero-order valence-electron chi connectivity index (χ0n) is 10.2. The van der Waals surface area contributed by atoms with Crippen molar-refractivity contribution in [3.05, 3.63) is 47.7 Å². The Kier molecular flexibility index (Phi) is 3.28. The van der Waals surface area contributed by atoms with Gasteiger partial charge < -0.3 is 9.84 Å². The standard InChI is InChI=1S/C14H13NO3/c1-9-3-4-11(12(7-9)14(16)17)10-5-6-15-13(8-10)18-2/h3-8H,1-2H3,(H,16,17). The molecule has 4 nitrogen and oxygen atoms in total. The van der Waals surface area contributed by atoms with E-state index < -0.39 is 5.97 Å². The maximum absolute atomic E-state index is 11.3. The number of carboxylic acid groups (broad SMARTS) is 1. The molecule has 18 heavy (non-hydrogen) atoms. The third-order valence-electron chi connectivity index (χ3n) is 2.66. The second kappa shape index (κ2) is 4.87. The monoisotopic (exact) mass is 243 g/mol. The molecule has 0 aliphatic carbocycles. The molecule has 0 spiro atoms. The van der Waals surface area contributed by atoms with Crippen LogP contribution < -0.4 is 4.74 Å². The van der Waals surface area contributed by atoms with Gasteiger partial charge in [0.15, 0.2) is 0 Å². The van der Waals surface area contributed by atoms with E-state index >= 15 is 0 Å². The summed E-state index contributed by atoms with van der Waals surface area (Å²) < 4.78 is 5.04. The van der Waals surface area contributed by atoms with Crippen LogP contribution in [-0.4, -0.2) is 23.2 Å². The average Bonchev–Trinajstić information content (AvgIpc) is 2.38. The van der Waals surface area contributed by atoms with E-state index in [9.17, 15) is 9.90 Å². The van der Waals surface area contributed by atoms with Crippen LogP contribution >= 0.6 is 0 Å². The molecular weight excluding hydrogens is 230 g/mol. The van der Waals surface area contributed by atoms with Crippen LogP contribution in [0.1, 0.15) is 15.9 Å². The second-order valence-corrected chi connectivity index (χ2v) is 3.94. The number of rotatable bonds is 3. The maximum Gasteiger partial charge on any atom is 0.336 e. The van der Waals surface area contributed by atoms with Crippen LogP contribution in [0.4, 0.5) is 0 Å². The van der Waals surface area contributed by atoms with Crippen LogP contribution in [-0.2, 0) is 0 Å². The molecule has 0 unspecified atom stereocenters. The number of aromatic carboxylic acids is 1. The molecule has 0 amide bonds. The minimum absolute atomic E-state index is 0.281. The van der Waals surface area contributed by atoms with E-state index in [0.29, 0.717) is 11.4 Å². The summed E-state index contributed by atoms with van der Waals surface area (Å²) in [6.07, 6.45) is 1.60. The molecule has 1 N–H and O–H groups in total. The molecule has 0 fully saturated rings. The molecule has 0 radical (unpaired) electrons. The summed E-state index contributed by atoms with van der Waals surface area (Å²) in [5.74, 6) is -0.478. The van der Waals surface area contributed by atoms with Gasteiger partial charge in [0.25, 0.3) is 0 Å². The normalized spacial score (nSPS) is 10.1. The Morgan fingerprint density at radius 2 is 2.06 bits per heavy atom. The van der Waals surface area contributed by atoms with Crippen LogP contribution in [0.25, 0.3) is 11.1 Å². The van der Waals surface area contributed by atoms with Gasteiger partial charge in [-0.3, -0.25) is 0 Å². The first kappa shape index (κ1) is 12.1. The molecule has 0 saturated heterocycles. The predicted molar refractivity (Wildman–Crippen MR) is 67.9 cm³/mol. The van der Waals surface area contributed by atoms with E-state index in [2.05, 4.69) is 4.98 Å². The van der Waals surface area contributed by atoms with Gasteiger partial charge in [-0.05, 0) is 30.2 Å². The highest BCUT2D eigenvalue weighted by atomic mass is 16.5. The van der Waals surface area contributed by atoms with Crippen LogP contribution in [0.3, 0.4) is 0 Å². The number of aryl methyl sites for hydroxylation is 1. The largest absolute Gasteiger partial charge is 0.481 e. The van der Waals surface area contributed by atoms with Gasteiger partial charge in [0.05, 0.1) is 12.7 Å². The van der Waals surface area contributed by atoms with E-state index in [1.807, 2.05) is 13.0 Å². The van der Waals surface area contributed by atoms with Gasteiger partial charge in [-0.15, -0.1) is 0 Å². The van der Waals surface area contributed by atoms with Crippen LogP contribution in [0.5, 0.6) is 5.88 Å². The molecule has 1 aromatic heterocycles. The Morgan fingerprint density at radius 1 is 1.28 bits per heavy atom. The van der Waals surface area contributed by atoms with E-state index in [1.165, 1.54) is 7.11 Å². The van der Waals surface area contributed by atoms with Gasteiger partial charge in [0.2, 0.25) is 5.88 Å². The van der Waals surface area contributed by atoms with Crippen molar-refractivity contribution in [3.8, 4) is 17.0 Å². The minimum atomic E-state index is -0.940. The van der Waals surface area contributed by atoms with Crippen molar-refractivity contribution in [3.63, 3.8) is 0 Å². The molecule has 0 bridgehead atoms. The Bertz CT molecular complexity index is 593. The maximum atomic E-state index is 11.3. The fraction of sp³-hybridized carbons (Fsp3) is 0.143. The number of carbonyl (C=O) groups is 1. The fourth-order valence-corrected chi connectivity index (χ4v) is 1.78. The first-order chi connectivity index (χ1) is 8.61. The number of carboxylic acids is 1. The third kappa shape index (κ3) is 2.32. The van der Waals surface area contributed by atoms with Gasteiger partial charge in [-0.25, -0.2) is 9.78 Å². The summed E-state index contributed by atoms with van der Waals surface area (Å²) >= 11 is 0. The van der Waals surface area contributed by atoms with E-state index in [4.69, 9.17) is 4.74 Å². The molecule has 0 aliphatic heterocycles. The topological polar surface area (TPSA) is 59.4 Å². The molecule has 1 heterocycles. The highest BCUT2D eigenvalue weighted by Crippen LogP contribution is 2.26. The fourth-order valence-electron chi connectivity index (χ4n) is 1.78. The quantitative estimate of drug-likeness (QED) is 0.900. The van der Waals surface area contributed by atoms with Crippen LogP contribution in [0, 0.1) is 6.92 Å². The summed E-state index contributed by atoms with van der Waals surface area (Å²) in [6.45, 7) is 1.86. The SMILES string of the molecule is COc1cc(-c2ccc(C)cc2C(=O)O)ccn1. The van der Waals surface area contributed by atoms with Gasteiger partial charge in [0, 0.05) is 12.3 Å². The van der Waals surface area contributed by atoms with Crippen molar-refractivity contribution < 1.29 is 14.6 Å². The van der Waals surface area contributed by atoms with Crippen molar-refractivity contribution in [1.82, 2.24) is 4.98 Å². The first-order valence-electron chi connectivity index (χ1n) is 5.46. The van der Waals surface area contributed by atoms with E-state index in [0.717, 1.165) is 11.1 Å². The minimum Gasteiger partial charge on any atom is -0.481 e. The molecule has 0 atom stereocenters. The van der Waals surface area contributed by atoms with Crippen molar-refractivity contribution in [2.45, 2.75) is 6.92 Å². The Morgan fingerprint density at radius 3 is 2.72 bits per heavy atom. The van der Waals surface area contributed by atoms with E-state index in [1.54, 1.807) is 30.5 Å². The summed E-state index contributed by atoms with van der Waals surface area (Å²) in [7, 11) is 1.53. The molecule has 0 aliphatic rings. The highest BCUT2D eigenvalue weighted by molar-refractivity contribution is 5.96.